The first-order valence-electron chi connectivity index (χ1n) is 37.5. The van der Waals surface area contributed by atoms with Crippen molar-refractivity contribution in [3.63, 3.8) is 0 Å². The quantitative estimate of drug-likeness (QED) is 0.0494. The summed E-state index contributed by atoms with van der Waals surface area (Å²) in [5.74, 6) is -5.96. The van der Waals surface area contributed by atoms with Crippen molar-refractivity contribution < 1.29 is 28.8 Å². The van der Waals surface area contributed by atoms with Gasteiger partial charge in [-0.3, -0.25) is 58.7 Å². The van der Waals surface area contributed by atoms with E-state index < -0.39 is 35.5 Å². The number of carbonyl (C=O) groups is 6. The monoisotopic (exact) mass is 1460 g/mol. The Labute approximate surface area is 639 Å². The predicted octanol–water partition coefficient (Wildman–Crippen LogP) is 19.1. The number of pyridine rings is 6. The molecule has 18 heteroatoms. The molecule has 18 nitrogen and oxygen atoms in total. The van der Waals surface area contributed by atoms with Gasteiger partial charge in [0.05, 0.1) is 105 Å². The maximum atomic E-state index is 14.6. The molecule has 6 atom stereocenters. The number of hydrogen-bond acceptors (Lipinski definition) is 12. The van der Waals surface area contributed by atoms with Crippen molar-refractivity contribution in [3.05, 3.63) is 278 Å². The fraction of sp³-hybridized carbons (Fsp3) is 0.161. The fourth-order valence-electron chi connectivity index (χ4n) is 16.4. The Hall–Kier alpha value is -13.7. The van der Waals surface area contributed by atoms with Crippen LogP contribution in [-0.2, 0) is 28.8 Å². The molecule has 0 radical (unpaired) electrons. The summed E-state index contributed by atoms with van der Waals surface area (Å²) in [5.41, 5.74) is 15.2. The van der Waals surface area contributed by atoms with E-state index in [2.05, 4.69) is 56.2 Å². The number of fused-ring (bicyclic) bond motifs is 9. The normalized spacial score (nSPS) is 17.0. The van der Waals surface area contributed by atoms with Crippen molar-refractivity contribution in [3.8, 4) is 44.9 Å². The summed E-state index contributed by atoms with van der Waals surface area (Å²) >= 11 is 0. The standard InChI is InChI=1S/C93H76N12O6/c1-53-35-71(47-94-82(53)59-17-6-4-7-18-59)100-88(106)65-38-66(40-68(39-65)91(109)103-74-44-62-31-27-56-15-10-12-21-78(56)85(62)97-50-74)89(107)102-73-37-55(3)84(96-49-73)61-29-25-58(26-30-61)77-23-14-24-81-80(77)34-33-64-46-76(52-99-87(64)81)105-93(111)70-42-67(90(108)101-72-36-54(2)83(95-48-72)60-19-8-5-9-20-60)41-69(43-70)92(110)104-75-45-63-32-28-57-16-11-13-22-79(57)86(63)98-51-75/h4-37,44-52,65-70H,38-43H2,1-3H3,(H,100,106)(H,101,108)(H,102,107)(H,103,109)(H,104,110)(H,105,111). The van der Waals surface area contributed by atoms with Gasteiger partial charge in [-0.15, -0.1) is 0 Å². The first-order valence-corrected chi connectivity index (χ1v) is 37.5. The lowest BCUT2D eigenvalue weighted by molar-refractivity contribution is -0.131. The molecule has 6 amide bonds. The second-order valence-corrected chi connectivity index (χ2v) is 29.4. The van der Waals surface area contributed by atoms with Gasteiger partial charge >= 0.3 is 0 Å². The van der Waals surface area contributed by atoms with Gasteiger partial charge in [-0.2, -0.15) is 0 Å². The molecule has 111 heavy (non-hydrogen) atoms. The molecular formula is C93H76N12O6. The third-order valence-corrected chi connectivity index (χ3v) is 21.9. The van der Waals surface area contributed by atoms with Crippen LogP contribution >= 0.6 is 0 Å². The highest BCUT2D eigenvalue weighted by Gasteiger charge is 2.41. The number of benzene rings is 9. The molecule has 2 fully saturated rings. The summed E-state index contributed by atoms with van der Waals surface area (Å²) in [6.45, 7) is 5.85. The van der Waals surface area contributed by atoms with Crippen LogP contribution in [0.2, 0.25) is 0 Å². The Morgan fingerprint density at radius 2 is 0.532 bits per heavy atom. The van der Waals surface area contributed by atoms with Crippen molar-refractivity contribution in [2.45, 2.75) is 59.3 Å². The lowest BCUT2D eigenvalue weighted by atomic mass is 9.74. The summed E-state index contributed by atoms with van der Waals surface area (Å²) in [7, 11) is 0. The number of nitrogens with one attached hydrogen (secondary N) is 6. The number of aromatic nitrogens is 6. The molecule has 544 valence electrons. The highest BCUT2D eigenvalue weighted by molar-refractivity contribution is 6.12. The zero-order chi connectivity index (χ0) is 75.8. The summed E-state index contributed by atoms with van der Waals surface area (Å²) in [5, 5.41) is 27.1. The van der Waals surface area contributed by atoms with Crippen LogP contribution in [0.5, 0.6) is 0 Å². The van der Waals surface area contributed by atoms with Crippen molar-refractivity contribution in [2.24, 2.45) is 35.5 Å². The van der Waals surface area contributed by atoms with Crippen LogP contribution in [-0.4, -0.2) is 65.3 Å². The molecule has 6 N–H and O–H groups in total. The number of rotatable bonds is 16. The zero-order valence-corrected chi connectivity index (χ0v) is 61.2. The van der Waals surface area contributed by atoms with Gasteiger partial charge in [0.2, 0.25) is 35.4 Å². The highest BCUT2D eigenvalue weighted by Crippen LogP contribution is 2.41. The third kappa shape index (κ3) is 14.7. The molecule has 6 heterocycles. The molecule has 6 aromatic heterocycles. The molecule has 17 rings (SSSR count). The Balaban J connectivity index is 0.571. The topological polar surface area (TPSA) is 252 Å². The molecule has 0 spiro atoms. The molecule has 0 aliphatic heterocycles. The molecule has 0 bridgehead atoms. The van der Waals surface area contributed by atoms with E-state index in [1.807, 2.05) is 221 Å². The lowest BCUT2D eigenvalue weighted by Crippen LogP contribution is -2.40. The first-order chi connectivity index (χ1) is 54.1. The van der Waals surface area contributed by atoms with Crippen molar-refractivity contribution in [1.82, 2.24) is 29.9 Å². The van der Waals surface area contributed by atoms with Crippen molar-refractivity contribution in [1.29, 1.82) is 0 Å². The average molecular weight is 1460 g/mol. The van der Waals surface area contributed by atoms with Crippen molar-refractivity contribution >= 4 is 135 Å². The zero-order valence-electron chi connectivity index (χ0n) is 61.2. The number of anilines is 6. The summed E-state index contributed by atoms with van der Waals surface area (Å²) in [6, 6.07) is 73.5. The van der Waals surface area contributed by atoms with E-state index >= 15 is 0 Å². The van der Waals surface area contributed by atoms with E-state index in [-0.39, 0.29) is 74.0 Å². The number of hydrogen-bond donors (Lipinski definition) is 6. The third-order valence-electron chi connectivity index (χ3n) is 21.9. The van der Waals surface area contributed by atoms with Crippen LogP contribution in [0.4, 0.5) is 34.1 Å². The maximum Gasteiger partial charge on any atom is 0.227 e. The average Bonchev–Trinajstić information content (AvgIpc) is 0.629. The first kappa shape index (κ1) is 70.3. The minimum Gasteiger partial charge on any atom is -0.324 e. The minimum absolute atomic E-state index is 0.215. The fourth-order valence-corrected chi connectivity index (χ4v) is 16.4. The van der Waals surface area contributed by atoms with Gasteiger partial charge in [0.25, 0.3) is 0 Å². The molecule has 6 unspecified atom stereocenters. The molecule has 2 aliphatic rings. The summed E-state index contributed by atoms with van der Waals surface area (Å²) < 4.78 is 0. The SMILES string of the molecule is Cc1cc(NC(=O)C2CC(C(=O)Nc3cnc(-c4ccc(-c5cccc6c5ccc5cc(NC(=O)C7CC(C(=O)Nc8cnc(-c9ccccc9)c(C)c8)CC(C(=O)Nc8cnc9c(ccc%10ccccc%109)c8)C7)cnc56)cc4)c(C)c3)CC(C(=O)Nc3cnc4c(ccc5ccccc54)c3)C2)cnc1-c1ccccc1. The Morgan fingerprint density at radius 1 is 0.252 bits per heavy atom. The van der Waals surface area contributed by atoms with E-state index in [0.717, 1.165) is 127 Å². The molecule has 0 saturated heterocycles. The van der Waals surface area contributed by atoms with Gasteiger partial charge in [0.1, 0.15) is 0 Å². The molecule has 9 aromatic carbocycles. The smallest absolute Gasteiger partial charge is 0.227 e. The van der Waals surface area contributed by atoms with Crippen LogP contribution in [0.15, 0.2) is 262 Å². The Kier molecular flexibility index (Phi) is 19.1. The minimum atomic E-state index is -0.704. The van der Waals surface area contributed by atoms with Crippen LogP contribution in [0.25, 0.3) is 110 Å². The van der Waals surface area contributed by atoms with E-state index in [1.54, 1.807) is 37.2 Å². The highest BCUT2D eigenvalue weighted by atomic mass is 16.2. The molecule has 2 saturated carbocycles. The summed E-state index contributed by atoms with van der Waals surface area (Å²) in [4.78, 5) is 116. The van der Waals surface area contributed by atoms with Crippen LogP contribution in [0.1, 0.15) is 55.2 Å². The van der Waals surface area contributed by atoms with Crippen LogP contribution < -0.4 is 31.9 Å². The predicted molar refractivity (Wildman–Crippen MR) is 440 cm³/mol. The largest absolute Gasteiger partial charge is 0.324 e. The number of nitrogens with zero attached hydrogens (tertiary/aromatic N) is 6. The van der Waals surface area contributed by atoms with Gasteiger partial charge in [-0.1, -0.05) is 188 Å². The van der Waals surface area contributed by atoms with Crippen molar-refractivity contribution in [2.75, 3.05) is 31.9 Å². The molecule has 2 aliphatic carbocycles. The number of aryl methyl sites for hydroxylation is 3. The second-order valence-electron chi connectivity index (χ2n) is 29.4. The van der Waals surface area contributed by atoms with E-state index in [4.69, 9.17) is 29.9 Å². The van der Waals surface area contributed by atoms with Gasteiger partial charge < -0.3 is 31.9 Å². The number of amides is 6. The van der Waals surface area contributed by atoms with Gasteiger partial charge in [0, 0.05) is 84.5 Å². The van der Waals surface area contributed by atoms with Gasteiger partial charge in [0.15, 0.2) is 0 Å². The Bertz CT molecular complexity index is 6240. The maximum absolute atomic E-state index is 14.6. The number of carbonyl (C=O) groups excluding carboxylic acids is 6. The van der Waals surface area contributed by atoms with Crippen LogP contribution in [0, 0.1) is 56.3 Å². The van der Waals surface area contributed by atoms with Gasteiger partial charge in [-0.05, 0) is 140 Å². The van der Waals surface area contributed by atoms with E-state index in [1.165, 1.54) is 0 Å². The molecule has 15 aromatic rings. The van der Waals surface area contributed by atoms with E-state index in [0.29, 0.717) is 34.1 Å². The summed E-state index contributed by atoms with van der Waals surface area (Å²) in [6.07, 6.45) is 11.2. The second kappa shape index (κ2) is 30.1. The Morgan fingerprint density at radius 3 is 0.892 bits per heavy atom. The van der Waals surface area contributed by atoms with Crippen LogP contribution in [0.3, 0.4) is 0 Å². The van der Waals surface area contributed by atoms with E-state index in [9.17, 15) is 28.8 Å². The molecular weight excluding hydrogens is 1380 g/mol. The lowest BCUT2D eigenvalue weighted by Gasteiger charge is -2.33. The van der Waals surface area contributed by atoms with Gasteiger partial charge in [-0.25, -0.2) is 0 Å².